The number of aromatic carboxylic acids is 1. The van der Waals surface area contributed by atoms with E-state index in [1.165, 1.54) is 4.90 Å². The molecule has 2 heterocycles. The number of piperidine rings is 1. The molecule has 3 rings (SSSR count). The summed E-state index contributed by atoms with van der Waals surface area (Å²) in [4.78, 5) is 23.4. The Morgan fingerprint density at radius 1 is 1.32 bits per heavy atom. The SMILES string of the molecule is Cc1ccc(C(=O)O)c(C)c1.O=C1N2CCC[C@H](C2)N1OS(=O)(=O)O. The van der Waals surface area contributed by atoms with E-state index in [9.17, 15) is 18.0 Å². The predicted octanol–water partition coefficient (Wildman–Crippen LogP) is 1.62. The van der Waals surface area contributed by atoms with Gasteiger partial charge in [-0.1, -0.05) is 17.7 Å². The van der Waals surface area contributed by atoms with Gasteiger partial charge < -0.3 is 10.0 Å². The summed E-state index contributed by atoms with van der Waals surface area (Å²) in [7, 11) is -4.60. The van der Waals surface area contributed by atoms with Gasteiger partial charge in [-0.05, 0) is 38.3 Å². The van der Waals surface area contributed by atoms with E-state index >= 15 is 0 Å². The quantitative estimate of drug-likeness (QED) is 0.773. The molecule has 1 aromatic rings. The highest BCUT2D eigenvalue weighted by atomic mass is 32.3. The molecule has 0 aromatic heterocycles. The molecular weight excluding hydrogens is 352 g/mol. The van der Waals surface area contributed by atoms with Crippen molar-refractivity contribution in [1.82, 2.24) is 9.96 Å². The van der Waals surface area contributed by atoms with Gasteiger partial charge in [0, 0.05) is 13.1 Å². The van der Waals surface area contributed by atoms with Crippen LogP contribution in [0.3, 0.4) is 0 Å². The Labute approximate surface area is 145 Å². The maximum absolute atomic E-state index is 11.4. The molecule has 25 heavy (non-hydrogen) atoms. The molecule has 1 atom stereocenters. The molecule has 2 saturated heterocycles. The normalized spacial score (nSPS) is 19.5. The topological polar surface area (TPSA) is 124 Å². The van der Waals surface area contributed by atoms with Crippen LogP contribution in [-0.2, 0) is 14.7 Å². The molecule has 2 aliphatic rings. The van der Waals surface area contributed by atoms with Crippen LogP contribution in [0, 0.1) is 13.8 Å². The van der Waals surface area contributed by atoms with Gasteiger partial charge in [0.25, 0.3) is 0 Å². The Kier molecular flexibility index (Phi) is 5.65. The highest BCUT2D eigenvalue weighted by Gasteiger charge is 2.42. The fourth-order valence-electron chi connectivity index (χ4n) is 2.86. The number of hydroxylamine groups is 2. The molecular formula is C15H20N2O7S. The van der Waals surface area contributed by atoms with Crippen molar-refractivity contribution in [2.75, 3.05) is 13.1 Å². The Hall–Kier alpha value is -2.17. The number of hydrogen-bond donors (Lipinski definition) is 2. The zero-order chi connectivity index (χ0) is 18.8. The van der Waals surface area contributed by atoms with Crippen LogP contribution in [0.15, 0.2) is 18.2 Å². The summed E-state index contributed by atoms with van der Waals surface area (Å²) in [6.07, 6.45) is 1.51. The second kappa shape index (κ2) is 7.38. The smallest absolute Gasteiger partial charge is 0.418 e. The number of carboxylic acids is 1. The van der Waals surface area contributed by atoms with Crippen LogP contribution >= 0.6 is 0 Å². The minimum atomic E-state index is -4.60. The van der Waals surface area contributed by atoms with Crippen molar-refractivity contribution >= 4 is 22.4 Å². The van der Waals surface area contributed by atoms with Crippen molar-refractivity contribution in [3.05, 3.63) is 34.9 Å². The molecule has 0 spiro atoms. The van der Waals surface area contributed by atoms with Crippen LogP contribution < -0.4 is 0 Å². The highest BCUT2D eigenvalue weighted by molar-refractivity contribution is 7.80. The van der Waals surface area contributed by atoms with Crippen molar-refractivity contribution in [3.63, 3.8) is 0 Å². The number of amides is 2. The lowest BCUT2D eigenvalue weighted by Gasteiger charge is -2.20. The summed E-state index contributed by atoms with van der Waals surface area (Å²) in [5.74, 6) is -0.859. The van der Waals surface area contributed by atoms with Crippen LogP contribution in [0.4, 0.5) is 4.79 Å². The van der Waals surface area contributed by atoms with Gasteiger partial charge in [0.1, 0.15) is 0 Å². The second-order valence-corrected chi connectivity index (χ2v) is 6.98. The number of nitrogens with zero attached hydrogens (tertiary/aromatic N) is 2. The maximum atomic E-state index is 11.4. The first-order valence-electron chi connectivity index (χ1n) is 7.64. The third-order valence-electron chi connectivity index (χ3n) is 3.97. The van der Waals surface area contributed by atoms with E-state index in [0.717, 1.165) is 22.6 Å². The summed E-state index contributed by atoms with van der Waals surface area (Å²) >= 11 is 0. The maximum Gasteiger partial charge on any atom is 0.418 e. The summed E-state index contributed by atoms with van der Waals surface area (Å²) in [5.41, 5.74) is 2.29. The van der Waals surface area contributed by atoms with Crippen molar-refractivity contribution in [1.29, 1.82) is 0 Å². The van der Waals surface area contributed by atoms with Gasteiger partial charge in [0.15, 0.2) is 0 Å². The van der Waals surface area contributed by atoms with Crippen LogP contribution in [0.5, 0.6) is 0 Å². The first-order chi connectivity index (χ1) is 11.6. The van der Waals surface area contributed by atoms with E-state index in [-0.39, 0.29) is 6.04 Å². The van der Waals surface area contributed by atoms with Crippen molar-refractivity contribution < 1.29 is 31.9 Å². The van der Waals surface area contributed by atoms with Gasteiger partial charge in [0.05, 0.1) is 11.6 Å². The van der Waals surface area contributed by atoms with Crippen molar-refractivity contribution in [2.24, 2.45) is 0 Å². The lowest BCUT2D eigenvalue weighted by molar-refractivity contribution is -0.0316. The largest absolute Gasteiger partial charge is 0.478 e. The minimum Gasteiger partial charge on any atom is -0.478 e. The number of carbonyl (C=O) groups excluding carboxylic acids is 1. The van der Waals surface area contributed by atoms with E-state index in [4.69, 9.17) is 9.66 Å². The average molecular weight is 372 g/mol. The number of urea groups is 1. The highest BCUT2D eigenvalue weighted by Crippen LogP contribution is 2.26. The molecule has 9 nitrogen and oxygen atoms in total. The monoisotopic (exact) mass is 372 g/mol. The first kappa shape index (κ1) is 19.2. The molecule has 10 heteroatoms. The summed E-state index contributed by atoms with van der Waals surface area (Å²) in [6, 6.07) is 4.54. The number of aryl methyl sites for hydroxylation is 2. The van der Waals surface area contributed by atoms with E-state index in [1.807, 2.05) is 13.0 Å². The molecule has 2 aliphatic heterocycles. The van der Waals surface area contributed by atoms with Gasteiger partial charge in [-0.15, -0.1) is 4.28 Å². The van der Waals surface area contributed by atoms with E-state index in [0.29, 0.717) is 25.1 Å². The number of benzene rings is 1. The molecule has 1 aromatic carbocycles. The second-order valence-electron chi connectivity index (χ2n) is 5.98. The zero-order valence-corrected chi connectivity index (χ0v) is 14.7. The number of carboxylic acid groups (broad SMARTS) is 1. The lowest BCUT2D eigenvalue weighted by atomic mass is 10.1. The minimum absolute atomic E-state index is 0.266. The number of rotatable bonds is 3. The van der Waals surface area contributed by atoms with Gasteiger partial charge in [0.2, 0.25) is 0 Å². The van der Waals surface area contributed by atoms with Crippen molar-refractivity contribution in [2.45, 2.75) is 32.7 Å². The van der Waals surface area contributed by atoms with Gasteiger partial charge in [-0.25, -0.2) is 9.59 Å². The van der Waals surface area contributed by atoms with E-state index in [1.54, 1.807) is 19.1 Å². The molecule has 2 bridgehead atoms. The van der Waals surface area contributed by atoms with Gasteiger partial charge in [-0.2, -0.15) is 13.5 Å². The Morgan fingerprint density at radius 3 is 2.52 bits per heavy atom. The molecule has 2 fully saturated rings. The molecule has 2 amide bonds. The van der Waals surface area contributed by atoms with E-state index < -0.39 is 22.4 Å². The van der Waals surface area contributed by atoms with Crippen LogP contribution in [0.2, 0.25) is 0 Å². The van der Waals surface area contributed by atoms with Gasteiger partial charge in [-0.3, -0.25) is 4.55 Å². The fraction of sp³-hybridized carbons (Fsp3) is 0.467. The predicted molar refractivity (Wildman–Crippen MR) is 87.3 cm³/mol. The Bertz CT molecular complexity index is 778. The third kappa shape index (κ3) is 4.91. The summed E-state index contributed by atoms with van der Waals surface area (Å²) in [6.45, 7) is 4.82. The molecule has 0 radical (unpaired) electrons. The molecule has 2 N–H and O–H groups in total. The zero-order valence-electron chi connectivity index (χ0n) is 13.9. The lowest BCUT2D eigenvalue weighted by Crippen LogP contribution is -2.35. The summed E-state index contributed by atoms with van der Waals surface area (Å²) < 4.78 is 33.5. The third-order valence-corrected chi connectivity index (χ3v) is 4.32. The number of hydrogen-bond acceptors (Lipinski definition) is 5. The standard InChI is InChI=1S/C9H10O2.C6H10N2O5S/c1-6-3-4-8(9(10)11)7(2)5-6;9-6-7-3-1-2-5(4-7)8(6)13-14(10,11)12/h3-5H,1-2H3,(H,10,11);5H,1-4H2,(H,10,11,12)/t;5-/m.1/s1. The number of fused-ring (bicyclic) bond motifs is 2. The molecule has 0 saturated carbocycles. The van der Waals surface area contributed by atoms with Crippen LogP contribution in [0.25, 0.3) is 0 Å². The molecule has 0 unspecified atom stereocenters. The van der Waals surface area contributed by atoms with Crippen LogP contribution in [0.1, 0.15) is 34.3 Å². The summed E-state index contributed by atoms with van der Waals surface area (Å²) in [5, 5.41) is 9.39. The molecule has 0 aliphatic carbocycles. The van der Waals surface area contributed by atoms with Crippen molar-refractivity contribution in [3.8, 4) is 0 Å². The Morgan fingerprint density at radius 2 is 2.00 bits per heavy atom. The van der Waals surface area contributed by atoms with Crippen LogP contribution in [-0.4, -0.2) is 59.2 Å². The Balaban J connectivity index is 0.000000186. The number of carbonyl (C=O) groups is 2. The van der Waals surface area contributed by atoms with Gasteiger partial charge >= 0.3 is 22.4 Å². The average Bonchev–Trinajstić information content (AvgIpc) is 2.69. The first-order valence-corrected chi connectivity index (χ1v) is 9.00. The fourth-order valence-corrected chi connectivity index (χ4v) is 3.25. The molecule has 138 valence electrons. The van der Waals surface area contributed by atoms with E-state index in [2.05, 4.69) is 4.28 Å².